The van der Waals surface area contributed by atoms with Crippen molar-refractivity contribution in [3.8, 4) is 0 Å². The van der Waals surface area contributed by atoms with Gasteiger partial charge in [0.25, 0.3) is 0 Å². The summed E-state index contributed by atoms with van der Waals surface area (Å²) in [5.41, 5.74) is 6.03. The van der Waals surface area contributed by atoms with Crippen LogP contribution in [-0.2, 0) is 0 Å². The smallest absolute Gasteiger partial charge is 0.0306 e. The van der Waals surface area contributed by atoms with E-state index >= 15 is 0 Å². The molecular weight excluding hydrogens is 160 g/mol. The molecule has 0 bridgehead atoms. The van der Waals surface area contributed by atoms with E-state index in [9.17, 15) is 0 Å². The highest BCUT2D eigenvalue weighted by atomic mass is 15.0. The van der Waals surface area contributed by atoms with Crippen LogP contribution in [0.15, 0.2) is 0 Å². The molecule has 0 spiro atoms. The van der Waals surface area contributed by atoms with E-state index in [0.29, 0.717) is 6.04 Å². The summed E-state index contributed by atoms with van der Waals surface area (Å²) in [4.78, 5) is 0. The van der Waals surface area contributed by atoms with Crippen LogP contribution in [0.4, 0.5) is 0 Å². The maximum Gasteiger partial charge on any atom is 0.0306 e. The van der Waals surface area contributed by atoms with Gasteiger partial charge in [-0.2, -0.15) is 0 Å². The monoisotopic (exact) mass is 184 g/mol. The summed E-state index contributed by atoms with van der Waals surface area (Å²) >= 11 is 0. The lowest BCUT2D eigenvalue weighted by molar-refractivity contribution is 0.279. The first-order valence-corrected chi connectivity index (χ1v) is 5.60. The second kappa shape index (κ2) is 4.43. The van der Waals surface area contributed by atoms with E-state index in [1.54, 1.807) is 0 Å². The topological polar surface area (TPSA) is 38.0 Å². The fourth-order valence-electron chi connectivity index (χ4n) is 2.13. The molecule has 0 radical (unpaired) electrons. The molecule has 2 nitrogen and oxygen atoms in total. The van der Waals surface area contributed by atoms with E-state index in [2.05, 4.69) is 26.1 Å². The molecule has 0 saturated heterocycles. The van der Waals surface area contributed by atoms with Gasteiger partial charge in [-0.05, 0) is 39.0 Å². The van der Waals surface area contributed by atoms with Gasteiger partial charge in [0, 0.05) is 18.1 Å². The minimum absolute atomic E-state index is 0.203. The van der Waals surface area contributed by atoms with Crippen LogP contribution >= 0.6 is 0 Å². The van der Waals surface area contributed by atoms with Gasteiger partial charge in [0.15, 0.2) is 0 Å². The van der Waals surface area contributed by atoms with Crippen molar-refractivity contribution in [2.45, 2.75) is 58.0 Å². The van der Waals surface area contributed by atoms with Gasteiger partial charge in [-0.15, -0.1) is 0 Å². The molecule has 1 aliphatic rings. The molecule has 1 aliphatic carbocycles. The molecule has 0 amide bonds. The van der Waals surface area contributed by atoms with Gasteiger partial charge < -0.3 is 11.1 Å². The lowest BCUT2D eigenvalue weighted by Crippen LogP contribution is -2.53. The summed E-state index contributed by atoms with van der Waals surface area (Å²) in [5, 5.41) is 3.68. The van der Waals surface area contributed by atoms with Crippen LogP contribution in [0.3, 0.4) is 0 Å². The van der Waals surface area contributed by atoms with Gasteiger partial charge in [0.1, 0.15) is 0 Å². The first-order valence-electron chi connectivity index (χ1n) is 5.60. The van der Waals surface area contributed by atoms with Gasteiger partial charge in [0.05, 0.1) is 0 Å². The zero-order chi connectivity index (χ0) is 9.90. The Morgan fingerprint density at radius 3 is 2.54 bits per heavy atom. The average Bonchev–Trinajstić information content (AvgIpc) is 2.86. The van der Waals surface area contributed by atoms with E-state index < -0.39 is 0 Å². The average molecular weight is 184 g/mol. The van der Waals surface area contributed by atoms with Crippen LogP contribution in [-0.4, -0.2) is 18.1 Å². The Balaban J connectivity index is 2.37. The van der Waals surface area contributed by atoms with Gasteiger partial charge in [-0.25, -0.2) is 0 Å². The maximum atomic E-state index is 5.83. The number of hydrogen-bond donors (Lipinski definition) is 2. The van der Waals surface area contributed by atoms with Crippen LogP contribution in [0.2, 0.25) is 0 Å². The molecule has 78 valence electrons. The highest BCUT2D eigenvalue weighted by Gasteiger charge is 2.40. The molecular formula is C11H24N2. The van der Waals surface area contributed by atoms with Crippen molar-refractivity contribution in [3.63, 3.8) is 0 Å². The van der Waals surface area contributed by atoms with Crippen molar-refractivity contribution < 1.29 is 0 Å². The van der Waals surface area contributed by atoms with Crippen LogP contribution in [0, 0.1) is 5.92 Å². The molecule has 0 aromatic rings. The highest BCUT2D eigenvalue weighted by molar-refractivity contribution is 4.99. The third kappa shape index (κ3) is 2.96. The van der Waals surface area contributed by atoms with Crippen molar-refractivity contribution >= 4 is 0 Å². The largest absolute Gasteiger partial charge is 0.329 e. The molecule has 2 atom stereocenters. The van der Waals surface area contributed by atoms with E-state index in [0.717, 1.165) is 12.5 Å². The zero-order valence-corrected chi connectivity index (χ0v) is 9.27. The lowest BCUT2D eigenvalue weighted by atomic mass is 9.94. The number of rotatable bonds is 6. The molecule has 0 aromatic carbocycles. The van der Waals surface area contributed by atoms with Crippen molar-refractivity contribution in [2.75, 3.05) is 6.54 Å². The lowest BCUT2D eigenvalue weighted by Gasteiger charge is -2.33. The Morgan fingerprint density at radius 2 is 2.15 bits per heavy atom. The standard InChI is InChI=1S/C11H24N2/c1-4-5-9(2)13-11(3,8-12)10-6-7-10/h9-10,13H,4-8,12H2,1-3H3. The van der Waals surface area contributed by atoms with Crippen LogP contribution in [0.25, 0.3) is 0 Å². The maximum absolute atomic E-state index is 5.83. The normalized spacial score (nSPS) is 24.0. The SMILES string of the molecule is CCCC(C)NC(C)(CN)C1CC1. The van der Waals surface area contributed by atoms with E-state index in [1.807, 2.05) is 0 Å². The minimum Gasteiger partial charge on any atom is -0.329 e. The molecule has 2 heteroatoms. The Labute approximate surface area is 82.3 Å². The first-order chi connectivity index (χ1) is 6.12. The van der Waals surface area contributed by atoms with Crippen LogP contribution in [0.5, 0.6) is 0 Å². The van der Waals surface area contributed by atoms with Crippen LogP contribution in [0.1, 0.15) is 46.5 Å². The second-order valence-electron chi connectivity index (χ2n) is 4.73. The third-order valence-corrected chi connectivity index (χ3v) is 3.20. The fourth-order valence-corrected chi connectivity index (χ4v) is 2.13. The van der Waals surface area contributed by atoms with Crippen LogP contribution < -0.4 is 11.1 Å². The Bertz CT molecular complexity index is 154. The molecule has 0 aliphatic heterocycles. The van der Waals surface area contributed by atoms with Crippen molar-refractivity contribution in [2.24, 2.45) is 11.7 Å². The molecule has 3 N–H and O–H groups in total. The molecule has 13 heavy (non-hydrogen) atoms. The van der Waals surface area contributed by atoms with Gasteiger partial charge in [-0.3, -0.25) is 0 Å². The highest BCUT2D eigenvalue weighted by Crippen LogP contribution is 2.39. The first kappa shape index (κ1) is 11.0. The molecule has 0 aromatic heterocycles. The Kier molecular flexibility index (Phi) is 3.74. The predicted molar refractivity (Wildman–Crippen MR) is 57.7 cm³/mol. The summed E-state index contributed by atoms with van der Waals surface area (Å²) in [5.74, 6) is 0.830. The summed E-state index contributed by atoms with van der Waals surface area (Å²) in [6.45, 7) is 7.54. The summed E-state index contributed by atoms with van der Waals surface area (Å²) < 4.78 is 0. The quantitative estimate of drug-likeness (QED) is 0.661. The molecule has 1 rings (SSSR count). The Morgan fingerprint density at radius 1 is 1.54 bits per heavy atom. The van der Waals surface area contributed by atoms with E-state index in [4.69, 9.17) is 5.73 Å². The number of nitrogens with one attached hydrogen (secondary N) is 1. The number of hydrogen-bond acceptors (Lipinski definition) is 2. The third-order valence-electron chi connectivity index (χ3n) is 3.20. The van der Waals surface area contributed by atoms with Crippen molar-refractivity contribution in [1.82, 2.24) is 5.32 Å². The Hall–Kier alpha value is -0.0800. The van der Waals surface area contributed by atoms with Crippen molar-refractivity contribution in [3.05, 3.63) is 0 Å². The summed E-state index contributed by atoms with van der Waals surface area (Å²) in [7, 11) is 0. The minimum atomic E-state index is 0.203. The molecule has 0 heterocycles. The van der Waals surface area contributed by atoms with Gasteiger partial charge in [0.2, 0.25) is 0 Å². The zero-order valence-electron chi connectivity index (χ0n) is 9.27. The molecule has 1 saturated carbocycles. The van der Waals surface area contributed by atoms with Crippen molar-refractivity contribution in [1.29, 1.82) is 0 Å². The molecule has 1 fully saturated rings. The predicted octanol–water partition coefficient (Wildman–Crippen LogP) is 1.89. The summed E-state index contributed by atoms with van der Waals surface area (Å²) in [6.07, 6.45) is 5.22. The second-order valence-corrected chi connectivity index (χ2v) is 4.73. The van der Waals surface area contributed by atoms with E-state index in [1.165, 1.54) is 25.7 Å². The van der Waals surface area contributed by atoms with Gasteiger partial charge >= 0.3 is 0 Å². The summed E-state index contributed by atoms with van der Waals surface area (Å²) in [6, 6.07) is 0.610. The fraction of sp³-hybridized carbons (Fsp3) is 1.00. The van der Waals surface area contributed by atoms with E-state index in [-0.39, 0.29) is 5.54 Å². The molecule has 2 unspecified atom stereocenters. The van der Waals surface area contributed by atoms with Gasteiger partial charge in [-0.1, -0.05) is 13.3 Å². The number of nitrogens with two attached hydrogens (primary N) is 1.